The van der Waals surface area contributed by atoms with E-state index in [-0.39, 0.29) is 6.04 Å². The number of hydrogen-bond donors (Lipinski definition) is 2. The van der Waals surface area contributed by atoms with Gasteiger partial charge in [-0.1, -0.05) is 26.7 Å². The molecule has 1 saturated carbocycles. The summed E-state index contributed by atoms with van der Waals surface area (Å²) in [7, 11) is 0. The molecule has 0 saturated heterocycles. The second-order valence-corrected chi connectivity index (χ2v) is 4.90. The van der Waals surface area contributed by atoms with E-state index in [4.69, 9.17) is 5.73 Å². The molecule has 0 aromatic heterocycles. The van der Waals surface area contributed by atoms with E-state index in [1.165, 1.54) is 0 Å². The minimum Gasteiger partial charge on any atom is -0.481 e. The Kier molecular flexibility index (Phi) is 3.53. The molecular formula is C11H21NO2. The first-order valence-corrected chi connectivity index (χ1v) is 5.48. The number of carbonyl (C=O) groups is 1. The monoisotopic (exact) mass is 199 g/mol. The second-order valence-electron chi connectivity index (χ2n) is 4.90. The lowest BCUT2D eigenvalue weighted by atomic mass is 9.76. The average Bonchev–Trinajstić information content (AvgIpc) is 2.51. The maximum absolute atomic E-state index is 11.3. The van der Waals surface area contributed by atoms with Gasteiger partial charge < -0.3 is 10.8 Å². The summed E-state index contributed by atoms with van der Waals surface area (Å²) in [4.78, 5) is 11.3. The lowest BCUT2D eigenvalue weighted by Gasteiger charge is -2.31. The maximum atomic E-state index is 11.3. The predicted molar refractivity (Wildman–Crippen MR) is 56.0 cm³/mol. The van der Waals surface area contributed by atoms with Crippen LogP contribution >= 0.6 is 0 Å². The molecule has 82 valence electrons. The highest BCUT2D eigenvalue weighted by Crippen LogP contribution is 2.42. The van der Waals surface area contributed by atoms with Crippen LogP contribution in [0.2, 0.25) is 0 Å². The molecule has 1 rings (SSSR count). The van der Waals surface area contributed by atoms with Crippen molar-refractivity contribution < 1.29 is 9.90 Å². The first-order valence-electron chi connectivity index (χ1n) is 5.48. The molecule has 0 amide bonds. The summed E-state index contributed by atoms with van der Waals surface area (Å²) in [6, 6.07) is -0.178. The standard InChI is InChI=1S/C11H21NO2/c1-8(2)7-9(12)11(10(13)14)5-3-4-6-11/h8-9H,3-7,12H2,1-2H3,(H,13,14). The largest absolute Gasteiger partial charge is 0.481 e. The number of carboxylic acid groups (broad SMARTS) is 1. The van der Waals surface area contributed by atoms with Crippen LogP contribution in [-0.4, -0.2) is 17.1 Å². The number of carboxylic acids is 1. The molecule has 14 heavy (non-hydrogen) atoms. The number of aliphatic carboxylic acids is 1. The van der Waals surface area contributed by atoms with Crippen molar-refractivity contribution in [3.63, 3.8) is 0 Å². The van der Waals surface area contributed by atoms with E-state index < -0.39 is 11.4 Å². The van der Waals surface area contributed by atoms with Gasteiger partial charge in [0.15, 0.2) is 0 Å². The lowest BCUT2D eigenvalue weighted by molar-refractivity contribution is -0.150. The van der Waals surface area contributed by atoms with Crippen LogP contribution < -0.4 is 5.73 Å². The Labute approximate surface area is 85.7 Å². The third kappa shape index (κ3) is 2.08. The van der Waals surface area contributed by atoms with Gasteiger partial charge in [0.05, 0.1) is 5.41 Å². The minimum atomic E-state index is -0.692. The molecule has 3 nitrogen and oxygen atoms in total. The average molecular weight is 199 g/mol. The van der Waals surface area contributed by atoms with Crippen molar-refractivity contribution in [1.29, 1.82) is 0 Å². The van der Waals surface area contributed by atoms with Crippen LogP contribution in [0.3, 0.4) is 0 Å². The summed E-state index contributed by atoms with van der Waals surface area (Å²) in [5.41, 5.74) is 5.41. The summed E-state index contributed by atoms with van der Waals surface area (Å²) >= 11 is 0. The zero-order valence-corrected chi connectivity index (χ0v) is 9.12. The number of nitrogens with two attached hydrogens (primary N) is 1. The number of hydrogen-bond acceptors (Lipinski definition) is 2. The third-order valence-electron chi connectivity index (χ3n) is 3.36. The Morgan fingerprint density at radius 1 is 1.43 bits per heavy atom. The Hall–Kier alpha value is -0.570. The van der Waals surface area contributed by atoms with Gasteiger partial charge in [0.2, 0.25) is 0 Å². The molecule has 3 heteroatoms. The molecular weight excluding hydrogens is 178 g/mol. The summed E-state index contributed by atoms with van der Waals surface area (Å²) in [6.07, 6.45) is 4.36. The predicted octanol–water partition coefficient (Wildman–Crippen LogP) is 2.00. The third-order valence-corrected chi connectivity index (χ3v) is 3.36. The molecule has 1 fully saturated rings. The number of rotatable bonds is 4. The fourth-order valence-electron chi connectivity index (χ4n) is 2.48. The highest BCUT2D eigenvalue weighted by Gasteiger charge is 2.46. The van der Waals surface area contributed by atoms with Gasteiger partial charge >= 0.3 is 5.97 Å². The van der Waals surface area contributed by atoms with Crippen LogP contribution in [0.1, 0.15) is 46.0 Å². The molecule has 0 heterocycles. The maximum Gasteiger partial charge on any atom is 0.311 e. The van der Waals surface area contributed by atoms with Crippen molar-refractivity contribution in [2.75, 3.05) is 0 Å². The Bertz CT molecular complexity index is 207. The van der Waals surface area contributed by atoms with Gasteiger partial charge in [-0.25, -0.2) is 0 Å². The molecule has 0 radical (unpaired) electrons. The van der Waals surface area contributed by atoms with E-state index in [0.29, 0.717) is 5.92 Å². The fraction of sp³-hybridized carbons (Fsp3) is 0.909. The van der Waals surface area contributed by atoms with Crippen molar-refractivity contribution >= 4 is 5.97 Å². The molecule has 0 aromatic rings. The van der Waals surface area contributed by atoms with E-state index in [0.717, 1.165) is 32.1 Å². The van der Waals surface area contributed by atoms with Crippen molar-refractivity contribution in [3.05, 3.63) is 0 Å². The van der Waals surface area contributed by atoms with E-state index in [2.05, 4.69) is 13.8 Å². The fourth-order valence-corrected chi connectivity index (χ4v) is 2.48. The Morgan fingerprint density at radius 2 is 1.93 bits per heavy atom. The van der Waals surface area contributed by atoms with Crippen LogP contribution in [0.15, 0.2) is 0 Å². The normalized spacial score (nSPS) is 22.6. The molecule has 3 N–H and O–H groups in total. The Morgan fingerprint density at radius 3 is 2.29 bits per heavy atom. The molecule has 1 aliphatic rings. The van der Waals surface area contributed by atoms with Crippen LogP contribution in [0.25, 0.3) is 0 Å². The zero-order valence-electron chi connectivity index (χ0n) is 9.12. The van der Waals surface area contributed by atoms with Gasteiger partial charge in [0, 0.05) is 6.04 Å². The molecule has 1 unspecified atom stereocenters. The van der Waals surface area contributed by atoms with Crippen molar-refractivity contribution in [3.8, 4) is 0 Å². The molecule has 0 aromatic carbocycles. The van der Waals surface area contributed by atoms with Crippen molar-refractivity contribution in [2.45, 2.75) is 52.0 Å². The van der Waals surface area contributed by atoms with Gasteiger partial charge in [0.1, 0.15) is 0 Å². The lowest BCUT2D eigenvalue weighted by Crippen LogP contribution is -2.46. The van der Waals surface area contributed by atoms with Gasteiger partial charge in [-0.05, 0) is 25.2 Å². The SMILES string of the molecule is CC(C)CC(N)C1(C(=O)O)CCCC1. The van der Waals surface area contributed by atoms with Crippen LogP contribution in [0.5, 0.6) is 0 Å². The first-order chi connectivity index (χ1) is 6.49. The summed E-state index contributed by atoms with van der Waals surface area (Å²) in [5, 5.41) is 9.27. The van der Waals surface area contributed by atoms with Crippen molar-refractivity contribution in [1.82, 2.24) is 0 Å². The van der Waals surface area contributed by atoms with Gasteiger partial charge in [-0.2, -0.15) is 0 Å². The minimum absolute atomic E-state index is 0.178. The summed E-state index contributed by atoms with van der Waals surface area (Å²) in [6.45, 7) is 4.18. The Balaban J connectivity index is 2.72. The van der Waals surface area contributed by atoms with Gasteiger partial charge in [-0.15, -0.1) is 0 Å². The van der Waals surface area contributed by atoms with Crippen LogP contribution in [0, 0.1) is 11.3 Å². The zero-order chi connectivity index (χ0) is 10.8. The van der Waals surface area contributed by atoms with E-state index >= 15 is 0 Å². The second kappa shape index (κ2) is 4.30. The summed E-state index contributed by atoms with van der Waals surface area (Å²) < 4.78 is 0. The van der Waals surface area contributed by atoms with E-state index in [9.17, 15) is 9.90 Å². The first kappa shape index (κ1) is 11.5. The van der Waals surface area contributed by atoms with Crippen LogP contribution in [0.4, 0.5) is 0 Å². The smallest absolute Gasteiger partial charge is 0.311 e. The molecule has 1 atom stereocenters. The van der Waals surface area contributed by atoms with Gasteiger partial charge in [-0.3, -0.25) is 4.79 Å². The molecule has 0 aliphatic heterocycles. The van der Waals surface area contributed by atoms with Crippen molar-refractivity contribution in [2.24, 2.45) is 17.1 Å². The molecule has 0 bridgehead atoms. The van der Waals surface area contributed by atoms with E-state index in [1.807, 2.05) is 0 Å². The molecule has 0 spiro atoms. The van der Waals surface area contributed by atoms with Gasteiger partial charge in [0.25, 0.3) is 0 Å². The van der Waals surface area contributed by atoms with Crippen LogP contribution in [-0.2, 0) is 4.79 Å². The highest BCUT2D eigenvalue weighted by molar-refractivity contribution is 5.76. The quantitative estimate of drug-likeness (QED) is 0.728. The topological polar surface area (TPSA) is 63.3 Å². The molecule has 1 aliphatic carbocycles. The van der Waals surface area contributed by atoms with E-state index in [1.54, 1.807) is 0 Å². The summed E-state index contributed by atoms with van der Waals surface area (Å²) in [5.74, 6) is -0.218. The highest BCUT2D eigenvalue weighted by atomic mass is 16.4.